The zero-order chi connectivity index (χ0) is 27.7. The van der Waals surface area contributed by atoms with E-state index in [4.69, 9.17) is 4.74 Å². The molecule has 2 N–H and O–H groups in total. The highest BCUT2D eigenvalue weighted by molar-refractivity contribution is 8.00. The number of anilines is 2. The second-order valence-corrected chi connectivity index (χ2v) is 10.7. The first-order chi connectivity index (χ1) is 19.5. The number of amides is 2. The van der Waals surface area contributed by atoms with Gasteiger partial charge < -0.3 is 15.4 Å². The van der Waals surface area contributed by atoms with Crippen molar-refractivity contribution in [2.24, 2.45) is 0 Å². The molecule has 0 aliphatic heterocycles. The number of nitrogens with zero attached hydrogens (tertiary/aromatic N) is 1. The van der Waals surface area contributed by atoms with Crippen molar-refractivity contribution in [3.63, 3.8) is 0 Å². The van der Waals surface area contributed by atoms with E-state index in [1.165, 1.54) is 35.2 Å². The van der Waals surface area contributed by atoms with Crippen molar-refractivity contribution in [2.45, 2.75) is 10.1 Å². The third kappa shape index (κ3) is 7.34. The lowest BCUT2D eigenvalue weighted by atomic mass is 10.1. The molecule has 1 atom stereocenters. The van der Waals surface area contributed by atoms with Gasteiger partial charge in [0.05, 0.1) is 5.69 Å². The highest BCUT2D eigenvalue weighted by Crippen LogP contribution is 2.37. The number of rotatable bonds is 10. The predicted molar refractivity (Wildman–Crippen MR) is 158 cm³/mol. The SMILES string of the molecule is O=C(COc1ccccc1)Nc1ccc(SC(C(=O)Nc2nc(-c3ccc(F)cc3)cs2)c2ccccc2)cc1. The summed E-state index contributed by atoms with van der Waals surface area (Å²) < 4.78 is 18.8. The van der Waals surface area contributed by atoms with Crippen molar-refractivity contribution in [3.05, 3.63) is 126 Å². The van der Waals surface area contributed by atoms with E-state index in [1.807, 2.05) is 66.0 Å². The second kappa shape index (κ2) is 13.1. The fourth-order valence-electron chi connectivity index (χ4n) is 3.77. The van der Waals surface area contributed by atoms with E-state index in [2.05, 4.69) is 15.6 Å². The summed E-state index contributed by atoms with van der Waals surface area (Å²) in [5.74, 6) is -0.178. The average molecular weight is 570 g/mol. The second-order valence-electron chi connectivity index (χ2n) is 8.62. The van der Waals surface area contributed by atoms with Crippen molar-refractivity contribution in [3.8, 4) is 17.0 Å². The number of ether oxygens (including phenoxy) is 1. The summed E-state index contributed by atoms with van der Waals surface area (Å²) in [6.07, 6.45) is 0. The maximum absolute atomic E-state index is 13.4. The quantitative estimate of drug-likeness (QED) is 0.171. The van der Waals surface area contributed by atoms with Crippen LogP contribution >= 0.6 is 23.1 Å². The predicted octanol–water partition coefficient (Wildman–Crippen LogP) is 7.44. The van der Waals surface area contributed by atoms with E-state index in [-0.39, 0.29) is 24.2 Å². The lowest BCUT2D eigenvalue weighted by Crippen LogP contribution is -2.20. The topological polar surface area (TPSA) is 80.3 Å². The van der Waals surface area contributed by atoms with Crippen molar-refractivity contribution in [1.29, 1.82) is 0 Å². The lowest BCUT2D eigenvalue weighted by molar-refractivity contribution is -0.118. The maximum Gasteiger partial charge on any atom is 0.262 e. The number of para-hydroxylation sites is 1. The standard InChI is InChI=1S/C31H24FN3O3S2/c32-23-13-11-21(12-14-23)27-20-39-31(34-27)35-30(37)29(22-7-3-1-4-8-22)40-26-17-15-24(16-18-26)33-28(36)19-38-25-9-5-2-6-10-25/h1-18,20,29H,19H2,(H,33,36)(H,34,35,37). The van der Waals surface area contributed by atoms with Crippen molar-refractivity contribution >= 4 is 45.7 Å². The van der Waals surface area contributed by atoms with Gasteiger partial charge in [-0.15, -0.1) is 23.1 Å². The molecule has 0 saturated heterocycles. The van der Waals surface area contributed by atoms with E-state index in [0.717, 1.165) is 16.0 Å². The molecule has 5 aromatic rings. The summed E-state index contributed by atoms with van der Waals surface area (Å²) in [5, 5.41) is 7.49. The summed E-state index contributed by atoms with van der Waals surface area (Å²) in [6.45, 7) is -0.101. The Hall–Kier alpha value is -4.47. The fourth-order valence-corrected chi connectivity index (χ4v) is 5.52. The molecule has 1 aromatic heterocycles. The van der Waals surface area contributed by atoms with Crippen LogP contribution in [0.25, 0.3) is 11.3 Å². The molecule has 9 heteroatoms. The maximum atomic E-state index is 13.4. The van der Waals surface area contributed by atoms with Crippen LogP contribution in [0.1, 0.15) is 10.8 Å². The Bertz CT molecular complexity index is 1560. The lowest BCUT2D eigenvalue weighted by Gasteiger charge is -2.16. The Morgan fingerprint density at radius 1 is 0.850 bits per heavy atom. The van der Waals surface area contributed by atoms with Crippen LogP contribution in [-0.2, 0) is 9.59 Å². The third-order valence-corrected chi connectivity index (χ3v) is 7.74. The van der Waals surface area contributed by atoms with Gasteiger partial charge in [0.25, 0.3) is 5.91 Å². The molecule has 0 radical (unpaired) electrons. The van der Waals surface area contributed by atoms with Gasteiger partial charge in [-0.05, 0) is 66.2 Å². The molecule has 0 saturated carbocycles. The van der Waals surface area contributed by atoms with Crippen LogP contribution in [0.3, 0.4) is 0 Å². The van der Waals surface area contributed by atoms with E-state index in [0.29, 0.717) is 22.3 Å². The molecule has 0 spiro atoms. The highest BCUT2D eigenvalue weighted by Gasteiger charge is 2.23. The molecule has 0 aliphatic carbocycles. The first-order valence-electron chi connectivity index (χ1n) is 12.4. The van der Waals surface area contributed by atoms with E-state index in [1.54, 1.807) is 36.4 Å². The van der Waals surface area contributed by atoms with Gasteiger partial charge in [0, 0.05) is 21.5 Å². The molecule has 0 fully saturated rings. The molecule has 0 bridgehead atoms. The van der Waals surface area contributed by atoms with Gasteiger partial charge in [-0.2, -0.15) is 0 Å². The molecular weight excluding hydrogens is 545 g/mol. The van der Waals surface area contributed by atoms with Gasteiger partial charge in [0.2, 0.25) is 5.91 Å². The fraction of sp³-hybridized carbons (Fsp3) is 0.0645. The number of hydrogen-bond acceptors (Lipinski definition) is 6. The van der Waals surface area contributed by atoms with E-state index in [9.17, 15) is 14.0 Å². The van der Waals surface area contributed by atoms with E-state index >= 15 is 0 Å². The van der Waals surface area contributed by atoms with Gasteiger partial charge in [-0.1, -0.05) is 48.5 Å². The minimum absolute atomic E-state index is 0.101. The highest BCUT2D eigenvalue weighted by atomic mass is 32.2. The van der Waals surface area contributed by atoms with Crippen molar-refractivity contribution in [2.75, 3.05) is 17.2 Å². The summed E-state index contributed by atoms with van der Waals surface area (Å²) in [4.78, 5) is 31.1. The van der Waals surface area contributed by atoms with Crippen molar-refractivity contribution < 1.29 is 18.7 Å². The molecule has 0 aliphatic rings. The number of benzene rings is 4. The van der Waals surface area contributed by atoms with Crippen LogP contribution in [0.2, 0.25) is 0 Å². The first-order valence-corrected chi connectivity index (χ1v) is 14.1. The normalized spacial score (nSPS) is 11.4. The number of hydrogen-bond donors (Lipinski definition) is 2. The molecule has 6 nitrogen and oxygen atoms in total. The Kier molecular flexibility index (Phi) is 8.85. The Morgan fingerprint density at radius 2 is 1.52 bits per heavy atom. The number of aromatic nitrogens is 1. The summed E-state index contributed by atoms with van der Waals surface area (Å²) in [6, 6.07) is 32.0. The Morgan fingerprint density at radius 3 is 2.23 bits per heavy atom. The number of thiazole rings is 1. The Labute approximate surface area is 239 Å². The smallest absolute Gasteiger partial charge is 0.262 e. The molecule has 1 heterocycles. The molecule has 5 rings (SSSR count). The summed E-state index contributed by atoms with van der Waals surface area (Å²) in [7, 11) is 0. The third-order valence-electron chi connectivity index (χ3n) is 5.72. The largest absolute Gasteiger partial charge is 0.484 e. The van der Waals surface area contributed by atoms with Gasteiger partial charge >= 0.3 is 0 Å². The monoisotopic (exact) mass is 569 g/mol. The molecular formula is C31H24FN3O3S2. The molecule has 2 amide bonds. The average Bonchev–Trinajstić information content (AvgIpc) is 3.45. The minimum Gasteiger partial charge on any atom is -0.484 e. The number of halogens is 1. The van der Waals surface area contributed by atoms with Crippen LogP contribution in [0.4, 0.5) is 15.2 Å². The summed E-state index contributed by atoms with van der Waals surface area (Å²) >= 11 is 2.70. The number of nitrogens with one attached hydrogen (secondary N) is 2. The minimum atomic E-state index is -0.543. The van der Waals surface area contributed by atoms with Gasteiger partial charge in [-0.25, -0.2) is 9.37 Å². The number of carbonyl (C=O) groups is 2. The molecule has 4 aromatic carbocycles. The molecule has 1 unspecified atom stereocenters. The summed E-state index contributed by atoms with van der Waals surface area (Å²) in [5.41, 5.74) is 2.90. The van der Waals surface area contributed by atoms with E-state index < -0.39 is 5.25 Å². The van der Waals surface area contributed by atoms with Gasteiger partial charge in [0.15, 0.2) is 11.7 Å². The van der Waals surface area contributed by atoms with Crippen LogP contribution < -0.4 is 15.4 Å². The number of thioether (sulfide) groups is 1. The Balaban J connectivity index is 1.23. The molecule has 40 heavy (non-hydrogen) atoms. The van der Waals surface area contributed by atoms with Crippen LogP contribution in [0, 0.1) is 5.82 Å². The van der Waals surface area contributed by atoms with Crippen LogP contribution in [-0.4, -0.2) is 23.4 Å². The zero-order valence-corrected chi connectivity index (χ0v) is 22.8. The van der Waals surface area contributed by atoms with Crippen LogP contribution in [0.5, 0.6) is 5.75 Å². The van der Waals surface area contributed by atoms with Crippen molar-refractivity contribution in [1.82, 2.24) is 4.98 Å². The van der Waals surface area contributed by atoms with Gasteiger partial charge in [-0.3, -0.25) is 9.59 Å². The number of carbonyl (C=O) groups excluding carboxylic acids is 2. The molecule has 200 valence electrons. The first kappa shape index (κ1) is 27.1. The van der Waals surface area contributed by atoms with Gasteiger partial charge in [0.1, 0.15) is 16.8 Å². The zero-order valence-electron chi connectivity index (χ0n) is 21.1. The van der Waals surface area contributed by atoms with Crippen LogP contribution in [0.15, 0.2) is 119 Å².